The molecule has 0 amide bonds. The largest absolute Gasteiger partial charge is 0.494 e. The van der Waals surface area contributed by atoms with Gasteiger partial charge < -0.3 is 14.2 Å². The van der Waals surface area contributed by atoms with E-state index in [2.05, 4.69) is 6.92 Å². The smallest absolute Gasteiger partial charge is 0.170 e. The average molecular weight is 573 g/mol. The molecule has 3 aromatic carbocycles. The number of carbonyl (C=O) groups is 2. The summed E-state index contributed by atoms with van der Waals surface area (Å²) in [5.41, 5.74) is 2.98. The molecule has 0 bridgehead atoms. The maximum absolute atomic E-state index is 12.8. The number of carbonyl (C=O) groups excluding carboxylic acids is 2. The lowest BCUT2D eigenvalue weighted by molar-refractivity contribution is 0.0894. The summed E-state index contributed by atoms with van der Waals surface area (Å²) >= 11 is 0. The highest BCUT2D eigenvalue weighted by Crippen LogP contribution is 2.28. The zero-order valence-electron chi connectivity index (χ0n) is 25.8. The lowest BCUT2D eigenvalue weighted by Gasteiger charge is -2.09. The zero-order chi connectivity index (χ0) is 30.0. The summed E-state index contributed by atoms with van der Waals surface area (Å²) in [6.07, 6.45) is 15.8. The molecule has 5 heteroatoms. The van der Waals surface area contributed by atoms with Crippen LogP contribution in [0.2, 0.25) is 0 Å². The van der Waals surface area contributed by atoms with Crippen molar-refractivity contribution < 1.29 is 23.8 Å². The van der Waals surface area contributed by atoms with Crippen LogP contribution >= 0.6 is 0 Å². The van der Waals surface area contributed by atoms with Crippen molar-refractivity contribution in [1.29, 1.82) is 0 Å². The van der Waals surface area contributed by atoms with E-state index in [1.165, 1.54) is 84.8 Å². The van der Waals surface area contributed by atoms with Gasteiger partial charge in [-0.2, -0.15) is 0 Å². The highest BCUT2D eigenvalue weighted by Gasteiger charge is 2.16. The number of ether oxygens (including phenoxy) is 3. The van der Waals surface area contributed by atoms with Crippen LogP contribution in [0.4, 0.5) is 0 Å². The molecule has 0 aliphatic heterocycles. The minimum absolute atomic E-state index is 0.208. The van der Waals surface area contributed by atoms with Crippen molar-refractivity contribution in [2.75, 3.05) is 20.8 Å². The highest BCUT2D eigenvalue weighted by molar-refractivity contribution is 6.13. The Kier molecular flexibility index (Phi) is 14.7. The first-order chi connectivity index (χ1) is 20.5. The van der Waals surface area contributed by atoms with Crippen LogP contribution in [-0.2, 0) is 0 Å². The quantitative estimate of drug-likeness (QED) is 0.0722. The maximum atomic E-state index is 12.8. The van der Waals surface area contributed by atoms with Crippen LogP contribution in [0.3, 0.4) is 0 Å². The normalized spacial score (nSPS) is 10.8. The number of Topliss-reactive ketones (excluding diaryl/α,β-unsaturated/α-hetero) is 2. The molecule has 0 spiro atoms. The second-order valence-electron chi connectivity index (χ2n) is 10.9. The maximum Gasteiger partial charge on any atom is 0.170 e. The van der Waals surface area contributed by atoms with Crippen molar-refractivity contribution in [2.45, 2.75) is 90.4 Å². The highest BCUT2D eigenvalue weighted by atomic mass is 16.5. The zero-order valence-corrected chi connectivity index (χ0v) is 25.8. The van der Waals surface area contributed by atoms with Crippen molar-refractivity contribution in [3.05, 3.63) is 77.9 Å². The molecule has 0 saturated carbocycles. The number of rotatable bonds is 21. The van der Waals surface area contributed by atoms with E-state index in [1.54, 1.807) is 30.3 Å². The second-order valence-corrected chi connectivity index (χ2v) is 10.9. The first kappa shape index (κ1) is 32.9. The topological polar surface area (TPSA) is 61.8 Å². The predicted octanol–water partition coefficient (Wildman–Crippen LogP) is 9.91. The lowest BCUT2D eigenvalue weighted by Crippen LogP contribution is -2.09. The van der Waals surface area contributed by atoms with Crippen LogP contribution in [0.1, 0.15) is 111 Å². The van der Waals surface area contributed by atoms with Crippen LogP contribution < -0.4 is 14.2 Å². The fourth-order valence-corrected chi connectivity index (χ4v) is 5.08. The molecule has 0 heterocycles. The molecule has 0 aromatic heterocycles. The van der Waals surface area contributed by atoms with E-state index in [0.29, 0.717) is 22.6 Å². The molecular formula is C37H48O5. The van der Waals surface area contributed by atoms with Gasteiger partial charge in [-0.25, -0.2) is 0 Å². The van der Waals surface area contributed by atoms with Crippen molar-refractivity contribution in [3.63, 3.8) is 0 Å². The monoisotopic (exact) mass is 572 g/mol. The summed E-state index contributed by atoms with van der Waals surface area (Å²) < 4.78 is 16.4. The Morgan fingerprint density at radius 3 is 1.57 bits per heavy atom. The van der Waals surface area contributed by atoms with Gasteiger partial charge in [-0.3, -0.25) is 9.59 Å². The lowest BCUT2D eigenvalue weighted by atomic mass is 9.98. The SMILES string of the molecule is CCCCCCCCCCCCCCOc1ccc(-c2ccc(C(=O)CC(=O)c3ccc(OC)c(OC)c3)cc2)cc1. The molecule has 226 valence electrons. The van der Waals surface area contributed by atoms with Crippen LogP contribution in [0.25, 0.3) is 11.1 Å². The molecule has 5 nitrogen and oxygen atoms in total. The molecule has 0 atom stereocenters. The summed E-state index contributed by atoms with van der Waals surface area (Å²) in [5.74, 6) is 1.39. The fraction of sp³-hybridized carbons (Fsp3) is 0.459. The molecule has 0 radical (unpaired) electrons. The van der Waals surface area contributed by atoms with E-state index in [-0.39, 0.29) is 18.0 Å². The van der Waals surface area contributed by atoms with Gasteiger partial charge >= 0.3 is 0 Å². The first-order valence-corrected chi connectivity index (χ1v) is 15.7. The Morgan fingerprint density at radius 2 is 1.02 bits per heavy atom. The fourth-order valence-electron chi connectivity index (χ4n) is 5.08. The van der Waals surface area contributed by atoms with Crippen molar-refractivity contribution in [3.8, 4) is 28.4 Å². The Bertz CT molecular complexity index is 1210. The minimum atomic E-state index is -0.260. The van der Waals surface area contributed by atoms with Crippen molar-refractivity contribution in [2.24, 2.45) is 0 Å². The molecule has 0 aliphatic carbocycles. The van der Waals surface area contributed by atoms with Gasteiger partial charge in [-0.1, -0.05) is 114 Å². The predicted molar refractivity (Wildman–Crippen MR) is 171 cm³/mol. The molecule has 0 unspecified atom stereocenters. The standard InChI is InChI=1S/C37H48O5/c1-4-5-6-7-8-9-10-11-12-13-14-15-26-42-33-23-20-30(21-24-33)29-16-18-31(19-17-29)34(38)28-35(39)32-22-25-36(40-2)37(27-32)41-3/h16-25,27H,4-15,26,28H2,1-3H3. The Balaban J connectivity index is 1.35. The van der Waals surface area contributed by atoms with Gasteiger partial charge in [0.2, 0.25) is 0 Å². The molecule has 0 N–H and O–H groups in total. The van der Waals surface area contributed by atoms with Gasteiger partial charge in [0.05, 0.1) is 27.2 Å². The van der Waals surface area contributed by atoms with Crippen molar-refractivity contribution in [1.82, 2.24) is 0 Å². The third-order valence-corrected chi connectivity index (χ3v) is 7.69. The minimum Gasteiger partial charge on any atom is -0.494 e. The third kappa shape index (κ3) is 11.0. The van der Waals surface area contributed by atoms with E-state index in [0.717, 1.165) is 29.9 Å². The molecule has 3 aromatic rings. The molecule has 42 heavy (non-hydrogen) atoms. The average Bonchev–Trinajstić information content (AvgIpc) is 3.03. The number of methoxy groups -OCH3 is 2. The van der Waals surface area contributed by atoms with E-state index in [4.69, 9.17) is 14.2 Å². The molecule has 3 rings (SSSR count). The van der Waals surface area contributed by atoms with E-state index in [9.17, 15) is 9.59 Å². The number of unbranched alkanes of at least 4 members (excludes halogenated alkanes) is 11. The van der Waals surface area contributed by atoms with Gasteiger partial charge in [0.15, 0.2) is 23.1 Å². The summed E-state index contributed by atoms with van der Waals surface area (Å²) in [5, 5.41) is 0. The van der Waals surface area contributed by atoms with Crippen LogP contribution in [-0.4, -0.2) is 32.4 Å². The molecule has 0 aliphatic rings. The van der Waals surface area contributed by atoms with Crippen molar-refractivity contribution >= 4 is 11.6 Å². The third-order valence-electron chi connectivity index (χ3n) is 7.69. The van der Waals surface area contributed by atoms with Gasteiger partial charge in [-0.15, -0.1) is 0 Å². The molecular weight excluding hydrogens is 524 g/mol. The Hall–Kier alpha value is -3.60. The van der Waals surface area contributed by atoms with Gasteiger partial charge in [-0.05, 0) is 47.9 Å². The first-order valence-electron chi connectivity index (χ1n) is 15.7. The molecule has 0 saturated heterocycles. The summed E-state index contributed by atoms with van der Waals surface area (Å²) in [6, 6.07) is 20.4. The van der Waals surface area contributed by atoms with Crippen LogP contribution in [0, 0.1) is 0 Å². The number of ketones is 2. The van der Waals surface area contributed by atoms with E-state index < -0.39 is 0 Å². The summed E-state index contributed by atoms with van der Waals surface area (Å²) in [7, 11) is 3.05. The van der Waals surface area contributed by atoms with E-state index >= 15 is 0 Å². The number of benzene rings is 3. The van der Waals surface area contributed by atoms with E-state index in [1.807, 2.05) is 36.4 Å². The second kappa shape index (κ2) is 18.8. The van der Waals surface area contributed by atoms with Gasteiger partial charge in [0.25, 0.3) is 0 Å². The Labute approximate surface area is 252 Å². The number of hydrogen-bond acceptors (Lipinski definition) is 5. The van der Waals surface area contributed by atoms with Gasteiger partial charge in [0.1, 0.15) is 5.75 Å². The Morgan fingerprint density at radius 1 is 0.548 bits per heavy atom. The molecule has 0 fully saturated rings. The summed E-state index contributed by atoms with van der Waals surface area (Å²) in [4.78, 5) is 25.5. The summed E-state index contributed by atoms with van der Waals surface area (Å²) in [6.45, 7) is 3.02. The number of hydrogen-bond donors (Lipinski definition) is 0. The van der Waals surface area contributed by atoms with Gasteiger partial charge in [0, 0.05) is 11.1 Å². The van der Waals surface area contributed by atoms with Crippen LogP contribution in [0.15, 0.2) is 66.7 Å². The van der Waals surface area contributed by atoms with Crippen LogP contribution in [0.5, 0.6) is 17.2 Å².